The third-order valence-corrected chi connectivity index (χ3v) is 6.26. The zero-order valence-corrected chi connectivity index (χ0v) is 20.4. The number of aromatic nitrogens is 3. The van der Waals surface area contributed by atoms with Gasteiger partial charge in [0.15, 0.2) is 0 Å². The molecule has 9 nitrogen and oxygen atoms in total. The molecule has 0 bridgehead atoms. The monoisotopic (exact) mass is 507 g/mol. The van der Waals surface area contributed by atoms with Gasteiger partial charge in [0.05, 0.1) is 15.4 Å². The highest BCUT2D eigenvalue weighted by Gasteiger charge is 2.11. The van der Waals surface area contributed by atoms with Gasteiger partial charge in [-0.15, -0.1) is 11.3 Å². The number of H-pyrrole nitrogens is 1. The fraction of sp³-hybridized carbons (Fsp3) is 0.200. The first kappa shape index (κ1) is 25.2. The van der Waals surface area contributed by atoms with E-state index < -0.39 is 17.4 Å². The lowest BCUT2D eigenvalue weighted by molar-refractivity contribution is 0.262. The molecular weight excluding hydrogens is 481 g/mol. The summed E-state index contributed by atoms with van der Waals surface area (Å²) in [5.74, 6) is -0.457. The van der Waals surface area contributed by atoms with E-state index in [2.05, 4.69) is 30.9 Å². The summed E-state index contributed by atoms with van der Waals surface area (Å²) in [5.41, 5.74) is 7.52. The third-order valence-electron chi connectivity index (χ3n) is 5.29. The highest BCUT2D eigenvalue weighted by molar-refractivity contribution is 7.15. The number of urea groups is 1. The molecule has 11 heteroatoms. The van der Waals surface area contributed by atoms with Crippen LogP contribution in [0.2, 0.25) is 0 Å². The van der Waals surface area contributed by atoms with Crippen LogP contribution in [-0.2, 0) is 6.54 Å². The van der Waals surface area contributed by atoms with Gasteiger partial charge in [-0.2, -0.15) is 0 Å². The van der Waals surface area contributed by atoms with Crippen LogP contribution in [0.25, 0.3) is 21.6 Å². The minimum absolute atomic E-state index is 0.0308. The first-order valence-electron chi connectivity index (χ1n) is 11.3. The highest BCUT2D eigenvalue weighted by atomic mass is 32.1. The van der Waals surface area contributed by atoms with Crippen LogP contribution in [0.3, 0.4) is 0 Å². The smallest absolute Gasteiger partial charge is 0.326 e. The molecule has 2 heterocycles. The van der Waals surface area contributed by atoms with E-state index in [4.69, 9.17) is 5.73 Å². The molecule has 0 saturated heterocycles. The van der Waals surface area contributed by atoms with E-state index in [1.807, 2.05) is 25.1 Å². The van der Waals surface area contributed by atoms with Gasteiger partial charge >= 0.3 is 6.03 Å². The fourth-order valence-corrected chi connectivity index (χ4v) is 4.26. The van der Waals surface area contributed by atoms with Crippen molar-refractivity contribution < 1.29 is 9.18 Å². The second kappa shape index (κ2) is 11.7. The number of hydrogen-bond donors (Lipinski definition) is 5. The number of nitrogens with two attached hydrogens (primary N) is 1. The maximum atomic E-state index is 14.5. The van der Waals surface area contributed by atoms with E-state index in [-0.39, 0.29) is 11.5 Å². The molecule has 36 heavy (non-hydrogen) atoms. The van der Waals surface area contributed by atoms with Gasteiger partial charge in [0.2, 0.25) is 5.95 Å². The lowest BCUT2D eigenvalue weighted by Gasteiger charge is -2.09. The number of anilines is 2. The predicted molar refractivity (Wildman–Crippen MR) is 141 cm³/mol. The Hall–Kier alpha value is -3.93. The number of thiazole rings is 1. The molecule has 0 atom stereocenters. The molecular formula is C25H26FN7O2S. The van der Waals surface area contributed by atoms with E-state index in [0.717, 1.165) is 21.9 Å². The van der Waals surface area contributed by atoms with Gasteiger partial charge in [0.25, 0.3) is 5.56 Å². The second-order valence-corrected chi connectivity index (χ2v) is 9.24. The van der Waals surface area contributed by atoms with E-state index in [9.17, 15) is 14.0 Å². The van der Waals surface area contributed by atoms with Crippen LogP contribution in [0.15, 0.2) is 59.7 Å². The lowest BCUT2D eigenvalue weighted by atomic mass is 10.1. The van der Waals surface area contributed by atoms with E-state index in [1.54, 1.807) is 35.7 Å². The van der Waals surface area contributed by atoms with Crippen molar-refractivity contribution in [3.63, 3.8) is 0 Å². The van der Waals surface area contributed by atoms with E-state index >= 15 is 0 Å². The average Bonchev–Trinajstić information content (AvgIpc) is 3.29. The molecule has 0 radical (unpaired) electrons. The maximum absolute atomic E-state index is 14.5. The van der Waals surface area contributed by atoms with Crippen LogP contribution in [0.4, 0.5) is 20.8 Å². The SMILES string of the molecule is Cc1ncc(-c2cccc(NC(=O)Nc3ncc(-c4ccc(CNCCCN)c(F)c4)c(=O)[nH]3)c2)s1. The molecule has 4 aromatic rings. The fourth-order valence-electron chi connectivity index (χ4n) is 3.49. The molecule has 0 saturated carbocycles. The molecule has 0 spiro atoms. The first-order valence-corrected chi connectivity index (χ1v) is 12.1. The summed E-state index contributed by atoms with van der Waals surface area (Å²) in [6, 6.07) is 11.4. The van der Waals surface area contributed by atoms with Crippen molar-refractivity contribution in [1.29, 1.82) is 0 Å². The van der Waals surface area contributed by atoms with Gasteiger partial charge in [-0.05, 0) is 55.8 Å². The molecule has 0 aliphatic heterocycles. The molecule has 4 rings (SSSR count). The van der Waals surface area contributed by atoms with Crippen LogP contribution >= 0.6 is 11.3 Å². The molecule has 6 N–H and O–H groups in total. The summed E-state index contributed by atoms with van der Waals surface area (Å²) in [4.78, 5) is 36.9. The van der Waals surface area contributed by atoms with Gasteiger partial charge in [-0.3, -0.25) is 15.1 Å². The number of aryl methyl sites for hydroxylation is 1. The van der Waals surface area contributed by atoms with Gasteiger partial charge in [0, 0.05) is 30.2 Å². The minimum Gasteiger partial charge on any atom is -0.330 e. The Labute approximate surface area is 211 Å². The summed E-state index contributed by atoms with van der Waals surface area (Å²) in [7, 11) is 0. The summed E-state index contributed by atoms with van der Waals surface area (Å²) in [5, 5.41) is 9.30. The molecule has 0 aliphatic carbocycles. The van der Waals surface area contributed by atoms with Crippen molar-refractivity contribution in [1.82, 2.24) is 20.3 Å². The standard InChI is InChI=1S/C25H26FN7O2S/c1-15-29-14-22(36-15)17-4-2-5-19(10-17)31-25(35)33-24-30-13-20(23(34)32-24)16-6-7-18(21(26)11-16)12-28-9-3-8-27/h2,4-7,10-11,13-14,28H,3,8-9,12,27H2,1H3,(H3,30,31,32,33,34,35). The lowest BCUT2D eigenvalue weighted by Crippen LogP contribution is -2.23. The summed E-state index contributed by atoms with van der Waals surface area (Å²) >= 11 is 1.56. The van der Waals surface area contributed by atoms with Crippen LogP contribution in [-0.4, -0.2) is 34.1 Å². The Balaban J connectivity index is 1.40. The number of hydrogen-bond acceptors (Lipinski definition) is 7. The summed E-state index contributed by atoms with van der Waals surface area (Å²) < 4.78 is 14.5. The maximum Gasteiger partial charge on any atom is 0.326 e. The minimum atomic E-state index is -0.568. The first-order chi connectivity index (χ1) is 17.4. The van der Waals surface area contributed by atoms with Crippen molar-refractivity contribution in [3.8, 4) is 21.6 Å². The molecule has 0 unspecified atom stereocenters. The van der Waals surface area contributed by atoms with Gasteiger partial charge in [-0.1, -0.05) is 24.3 Å². The Morgan fingerprint density at radius 3 is 2.69 bits per heavy atom. The molecule has 0 aliphatic rings. The van der Waals surface area contributed by atoms with Crippen molar-refractivity contribution in [2.45, 2.75) is 19.9 Å². The van der Waals surface area contributed by atoms with Crippen LogP contribution in [0, 0.1) is 12.7 Å². The molecule has 2 aromatic carbocycles. The Bertz CT molecular complexity index is 1420. The summed E-state index contributed by atoms with van der Waals surface area (Å²) in [6.07, 6.45) is 3.89. The zero-order valence-electron chi connectivity index (χ0n) is 19.6. The number of aromatic amines is 1. The molecule has 2 aromatic heterocycles. The highest BCUT2D eigenvalue weighted by Crippen LogP contribution is 2.27. The summed E-state index contributed by atoms with van der Waals surface area (Å²) in [6.45, 7) is 3.56. The number of rotatable bonds is 9. The number of carbonyl (C=O) groups excluding carboxylic acids is 1. The largest absolute Gasteiger partial charge is 0.330 e. The van der Waals surface area contributed by atoms with E-state index in [1.165, 1.54) is 12.3 Å². The number of carbonyl (C=O) groups is 1. The van der Waals surface area contributed by atoms with Crippen molar-refractivity contribution >= 4 is 29.0 Å². The van der Waals surface area contributed by atoms with Gasteiger partial charge in [-0.25, -0.2) is 19.2 Å². The number of halogens is 1. The predicted octanol–water partition coefficient (Wildman–Crippen LogP) is 4.09. The van der Waals surface area contributed by atoms with Gasteiger partial charge in [0.1, 0.15) is 5.82 Å². The van der Waals surface area contributed by atoms with Crippen molar-refractivity contribution in [3.05, 3.63) is 81.6 Å². The topological polar surface area (TPSA) is 138 Å². The van der Waals surface area contributed by atoms with Gasteiger partial charge < -0.3 is 16.4 Å². The molecule has 186 valence electrons. The number of benzene rings is 2. The second-order valence-electron chi connectivity index (χ2n) is 8.00. The molecule has 2 amide bonds. The Kier molecular flexibility index (Phi) is 8.16. The quantitative estimate of drug-likeness (QED) is 0.216. The number of nitrogens with one attached hydrogen (secondary N) is 4. The average molecular weight is 508 g/mol. The van der Waals surface area contributed by atoms with Crippen molar-refractivity contribution in [2.24, 2.45) is 5.73 Å². The van der Waals surface area contributed by atoms with E-state index in [0.29, 0.717) is 36.4 Å². The normalized spacial score (nSPS) is 10.9. The Morgan fingerprint density at radius 2 is 1.97 bits per heavy atom. The van der Waals surface area contributed by atoms with Crippen molar-refractivity contribution in [2.75, 3.05) is 23.7 Å². The van der Waals surface area contributed by atoms with Crippen LogP contribution in [0.1, 0.15) is 17.0 Å². The van der Waals surface area contributed by atoms with Crippen LogP contribution < -0.4 is 27.2 Å². The Morgan fingerprint density at radius 1 is 1.11 bits per heavy atom. The number of nitrogens with zero attached hydrogens (tertiary/aromatic N) is 2. The van der Waals surface area contributed by atoms with Crippen LogP contribution in [0.5, 0.6) is 0 Å². The molecule has 0 fully saturated rings. The number of amides is 2. The zero-order chi connectivity index (χ0) is 25.5. The third kappa shape index (κ3) is 6.39.